The van der Waals surface area contributed by atoms with E-state index in [0.717, 1.165) is 76.9 Å². The van der Waals surface area contributed by atoms with Gasteiger partial charge in [0.15, 0.2) is 5.82 Å². The van der Waals surface area contributed by atoms with E-state index in [-0.39, 0.29) is 0 Å². The van der Waals surface area contributed by atoms with Gasteiger partial charge < -0.3 is 9.26 Å². The second-order valence-electron chi connectivity index (χ2n) is 6.42. The summed E-state index contributed by atoms with van der Waals surface area (Å²) in [6, 6.07) is 0. The van der Waals surface area contributed by atoms with Crippen LogP contribution in [0.5, 0.6) is 0 Å². The molecule has 6 nitrogen and oxygen atoms in total. The minimum atomic E-state index is 0.462. The number of nitrogens with zero attached hydrogens (tertiary/aromatic N) is 4. The molecule has 2 saturated heterocycles. The first-order valence-electron chi connectivity index (χ1n) is 8.71. The van der Waals surface area contributed by atoms with E-state index in [1.807, 2.05) is 0 Å². The first kappa shape index (κ1) is 15.9. The van der Waals surface area contributed by atoms with Crippen molar-refractivity contribution in [3.8, 4) is 0 Å². The van der Waals surface area contributed by atoms with Crippen LogP contribution < -0.4 is 0 Å². The van der Waals surface area contributed by atoms with Gasteiger partial charge in [-0.1, -0.05) is 18.5 Å². The van der Waals surface area contributed by atoms with Crippen molar-refractivity contribution in [1.29, 1.82) is 0 Å². The first-order chi connectivity index (χ1) is 10.8. The average molecular weight is 308 g/mol. The molecule has 2 aliphatic rings. The number of aromatic nitrogens is 2. The summed E-state index contributed by atoms with van der Waals surface area (Å²) in [6.45, 7) is 9.36. The van der Waals surface area contributed by atoms with E-state index in [4.69, 9.17) is 9.26 Å². The normalized spacial score (nSPS) is 24.1. The van der Waals surface area contributed by atoms with E-state index < -0.39 is 0 Å². The molecule has 0 radical (unpaired) electrons. The monoisotopic (exact) mass is 308 g/mol. The minimum Gasteiger partial charge on any atom is -0.377 e. The molecule has 0 aliphatic carbocycles. The maximum atomic E-state index is 5.72. The van der Waals surface area contributed by atoms with Crippen LogP contribution in [0.4, 0.5) is 0 Å². The maximum Gasteiger partial charge on any atom is 0.240 e. The van der Waals surface area contributed by atoms with Crippen LogP contribution in [-0.4, -0.2) is 65.4 Å². The number of piperazine rings is 1. The Balaban J connectivity index is 1.38. The molecule has 0 amide bonds. The van der Waals surface area contributed by atoms with Gasteiger partial charge in [-0.3, -0.25) is 9.80 Å². The molecular formula is C16H28N4O2. The highest BCUT2D eigenvalue weighted by atomic mass is 16.5. The van der Waals surface area contributed by atoms with Crippen molar-refractivity contribution in [2.45, 2.75) is 51.7 Å². The van der Waals surface area contributed by atoms with Crippen molar-refractivity contribution in [3.05, 3.63) is 11.7 Å². The van der Waals surface area contributed by atoms with E-state index in [2.05, 4.69) is 26.9 Å². The Labute approximate surface area is 132 Å². The van der Waals surface area contributed by atoms with Gasteiger partial charge in [0.05, 0.1) is 12.6 Å². The van der Waals surface area contributed by atoms with Gasteiger partial charge in [-0.25, -0.2) is 0 Å². The van der Waals surface area contributed by atoms with Crippen molar-refractivity contribution >= 4 is 0 Å². The highest BCUT2D eigenvalue weighted by Gasteiger charge is 2.23. The van der Waals surface area contributed by atoms with Crippen LogP contribution in [0.3, 0.4) is 0 Å². The average Bonchev–Trinajstić information content (AvgIpc) is 3.19. The highest BCUT2D eigenvalue weighted by molar-refractivity contribution is 4.87. The first-order valence-corrected chi connectivity index (χ1v) is 8.71. The smallest absolute Gasteiger partial charge is 0.240 e. The Hall–Kier alpha value is -0.980. The van der Waals surface area contributed by atoms with Crippen LogP contribution in [0.25, 0.3) is 0 Å². The Morgan fingerprint density at radius 1 is 1.18 bits per heavy atom. The molecule has 1 atom stereocenters. The van der Waals surface area contributed by atoms with E-state index in [1.54, 1.807) is 0 Å². The lowest BCUT2D eigenvalue weighted by Crippen LogP contribution is -2.48. The molecule has 0 saturated carbocycles. The van der Waals surface area contributed by atoms with Crippen molar-refractivity contribution < 1.29 is 9.26 Å². The van der Waals surface area contributed by atoms with Crippen LogP contribution >= 0.6 is 0 Å². The molecular weight excluding hydrogens is 280 g/mol. The molecule has 124 valence electrons. The predicted octanol–water partition coefficient (Wildman–Crippen LogP) is 1.71. The van der Waals surface area contributed by atoms with Crippen molar-refractivity contribution in [1.82, 2.24) is 19.9 Å². The van der Waals surface area contributed by atoms with E-state index in [1.165, 1.54) is 12.8 Å². The zero-order valence-electron chi connectivity index (χ0n) is 13.7. The third kappa shape index (κ3) is 4.51. The molecule has 1 aromatic rings. The second-order valence-corrected chi connectivity index (χ2v) is 6.42. The van der Waals surface area contributed by atoms with Gasteiger partial charge >= 0.3 is 0 Å². The molecule has 0 bridgehead atoms. The Kier molecular flexibility index (Phi) is 5.81. The lowest BCUT2D eigenvalue weighted by atomic mass is 10.2. The molecule has 1 aromatic heterocycles. The summed E-state index contributed by atoms with van der Waals surface area (Å²) < 4.78 is 11.1. The van der Waals surface area contributed by atoms with Crippen molar-refractivity contribution in [3.63, 3.8) is 0 Å². The fourth-order valence-electron chi connectivity index (χ4n) is 3.19. The van der Waals surface area contributed by atoms with Gasteiger partial charge in [0, 0.05) is 45.8 Å². The molecule has 0 unspecified atom stereocenters. The van der Waals surface area contributed by atoms with Gasteiger partial charge in [-0.2, -0.15) is 4.98 Å². The Morgan fingerprint density at radius 3 is 2.73 bits per heavy atom. The van der Waals surface area contributed by atoms with Crippen LogP contribution in [0.15, 0.2) is 4.52 Å². The number of unbranched alkanes of at least 4 members (excludes halogenated alkanes) is 1. The Morgan fingerprint density at radius 2 is 2.00 bits per heavy atom. The maximum absolute atomic E-state index is 5.72. The summed E-state index contributed by atoms with van der Waals surface area (Å²) in [7, 11) is 0. The lowest BCUT2D eigenvalue weighted by Gasteiger charge is -2.34. The van der Waals surface area contributed by atoms with E-state index in [9.17, 15) is 0 Å². The summed E-state index contributed by atoms with van der Waals surface area (Å²) in [5.74, 6) is 1.62. The zero-order chi connectivity index (χ0) is 15.2. The fourth-order valence-corrected chi connectivity index (χ4v) is 3.19. The standard InChI is InChI=1S/C16H28N4O2/c1-2-3-6-15-17-16(22-18-15)13-20-9-7-19(8-10-20)12-14-5-4-11-21-14/h14H,2-13H2,1H3/t14-/m0/s1. The quantitative estimate of drug-likeness (QED) is 0.764. The predicted molar refractivity (Wildman–Crippen MR) is 83.6 cm³/mol. The SMILES string of the molecule is CCCCc1noc(CN2CCN(C[C@@H]3CCCO3)CC2)n1. The number of ether oxygens (including phenoxy) is 1. The lowest BCUT2D eigenvalue weighted by molar-refractivity contribution is 0.0468. The number of hydrogen-bond donors (Lipinski definition) is 0. The molecule has 3 heterocycles. The number of hydrogen-bond acceptors (Lipinski definition) is 6. The number of aryl methyl sites for hydroxylation is 1. The number of rotatable bonds is 7. The van der Waals surface area contributed by atoms with E-state index in [0.29, 0.717) is 6.10 Å². The van der Waals surface area contributed by atoms with Crippen LogP contribution in [-0.2, 0) is 17.7 Å². The fraction of sp³-hybridized carbons (Fsp3) is 0.875. The molecule has 3 rings (SSSR count). The largest absolute Gasteiger partial charge is 0.377 e. The summed E-state index contributed by atoms with van der Waals surface area (Å²) in [4.78, 5) is 9.42. The molecule has 0 spiro atoms. The summed E-state index contributed by atoms with van der Waals surface area (Å²) in [6.07, 6.45) is 6.13. The van der Waals surface area contributed by atoms with Gasteiger partial charge in [0.2, 0.25) is 5.89 Å². The van der Waals surface area contributed by atoms with E-state index >= 15 is 0 Å². The molecule has 0 aromatic carbocycles. The van der Waals surface area contributed by atoms with Crippen molar-refractivity contribution in [2.75, 3.05) is 39.3 Å². The Bertz CT molecular complexity index is 437. The van der Waals surface area contributed by atoms with Gasteiger partial charge in [0.25, 0.3) is 0 Å². The summed E-state index contributed by atoms with van der Waals surface area (Å²) in [5, 5.41) is 4.06. The summed E-state index contributed by atoms with van der Waals surface area (Å²) >= 11 is 0. The van der Waals surface area contributed by atoms with Crippen LogP contribution in [0, 0.1) is 0 Å². The summed E-state index contributed by atoms with van der Waals surface area (Å²) in [5.41, 5.74) is 0. The topological polar surface area (TPSA) is 54.6 Å². The van der Waals surface area contributed by atoms with Crippen molar-refractivity contribution in [2.24, 2.45) is 0 Å². The zero-order valence-corrected chi connectivity index (χ0v) is 13.7. The molecule has 2 aliphatic heterocycles. The highest BCUT2D eigenvalue weighted by Crippen LogP contribution is 2.15. The third-order valence-corrected chi connectivity index (χ3v) is 4.57. The molecule has 22 heavy (non-hydrogen) atoms. The second kappa shape index (κ2) is 8.04. The third-order valence-electron chi connectivity index (χ3n) is 4.57. The minimum absolute atomic E-state index is 0.462. The van der Waals surface area contributed by atoms with Crippen LogP contribution in [0.1, 0.15) is 44.3 Å². The molecule has 6 heteroatoms. The molecule has 2 fully saturated rings. The van der Waals surface area contributed by atoms with Gasteiger partial charge in [-0.05, 0) is 19.3 Å². The van der Waals surface area contributed by atoms with Gasteiger partial charge in [0.1, 0.15) is 0 Å². The van der Waals surface area contributed by atoms with Crippen LogP contribution in [0.2, 0.25) is 0 Å². The molecule has 0 N–H and O–H groups in total. The van der Waals surface area contributed by atoms with Gasteiger partial charge in [-0.15, -0.1) is 0 Å².